The Bertz CT molecular complexity index is 818. The summed E-state index contributed by atoms with van der Waals surface area (Å²) in [5.41, 5.74) is 2.73. The van der Waals surface area contributed by atoms with Gasteiger partial charge in [0.25, 0.3) is 0 Å². The minimum atomic E-state index is -0.973. The lowest BCUT2D eigenvalue weighted by Gasteiger charge is -2.30. The van der Waals surface area contributed by atoms with Crippen LogP contribution in [0, 0.1) is 5.82 Å². The third kappa shape index (κ3) is 3.71. The molecule has 1 heterocycles. The second-order valence-corrected chi connectivity index (χ2v) is 6.48. The number of benzene rings is 2. The number of hydrogen-bond acceptors (Lipinski definition) is 2. The first-order valence-electron chi connectivity index (χ1n) is 8.33. The molecule has 0 radical (unpaired) electrons. The van der Waals surface area contributed by atoms with E-state index in [1.54, 1.807) is 35.2 Å². The highest BCUT2D eigenvalue weighted by atomic mass is 19.1. The van der Waals surface area contributed by atoms with E-state index in [9.17, 15) is 14.0 Å². The lowest BCUT2D eigenvalue weighted by molar-refractivity contribution is -0.132. The third-order valence-corrected chi connectivity index (χ3v) is 4.74. The van der Waals surface area contributed by atoms with Gasteiger partial charge in [-0.15, -0.1) is 0 Å². The molecule has 0 aliphatic carbocycles. The molecule has 130 valence electrons. The van der Waals surface area contributed by atoms with E-state index >= 15 is 0 Å². The summed E-state index contributed by atoms with van der Waals surface area (Å²) in [7, 11) is 0. The van der Waals surface area contributed by atoms with Gasteiger partial charge in [-0.3, -0.25) is 4.79 Å². The van der Waals surface area contributed by atoms with Crippen LogP contribution in [0.4, 0.5) is 4.39 Å². The van der Waals surface area contributed by atoms with Gasteiger partial charge in [-0.2, -0.15) is 0 Å². The summed E-state index contributed by atoms with van der Waals surface area (Å²) >= 11 is 0. The van der Waals surface area contributed by atoms with E-state index in [0.29, 0.717) is 25.1 Å². The van der Waals surface area contributed by atoms with Crippen LogP contribution in [0.2, 0.25) is 0 Å². The molecule has 1 atom stereocenters. The fraction of sp³-hybridized carbons (Fsp3) is 0.300. The Hall–Kier alpha value is -2.69. The molecule has 0 bridgehead atoms. The number of nitrogens with zero attached hydrogens (tertiary/aromatic N) is 1. The lowest BCUT2D eigenvalue weighted by atomic mass is 9.94. The first-order chi connectivity index (χ1) is 12.0. The summed E-state index contributed by atoms with van der Waals surface area (Å²) in [5, 5.41) is 9.12. The molecule has 0 saturated heterocycles. The molecule has 0 spiro atoms. The Labute approximate surface area is 145 Å². The van der Waals surface area contributed by atoms with Gasteiger partial charge < -0.3 is 10.0 Å². The van der Waals surface area contributed by atoms with Crippen molar-refractivity contribution in [2.24, 2.45) is 0 Å². The van der Waals surface area contributed by atoms with Gasteiger partial charge in [0, 0.05) is 19.5 Å². The van der Waals surface area contributed by atoms with E-state index in [1.165, 1.54) is 6.07 Å². The monoisotopic (exact) mass is 341 g/mol. The number of fused-ring (bicyclic) bond motifs is 1. The number of aromatic carboxylic acids is 1. The second kappa shape index (κ2) is 7.05. The maximum Gasteiger partial charge on any atom is 0.335 e. The number of carboxylic acid groups (broad SMARTS) is 1. The zero-order valence-corrected chi connectivity index (χ0v) is 14.0. The lowest BCUT2D eigenvalue weighted by Crippen LogP contribution is -2.36. The Kier molecular flexibility index (Phi) is 4.83. The van der Waals surface area contributed by atoms with E-state index in [-0.39, 0.29) is 29.6 Å². The maximum absolute atomic E-state index is 13.9. The zero-order valence-electron chi connectivity index (χ0n) is 14.0. The van der Waals surface area contributed by atoms with E-state index in [0.717, 1.165) is 11.1 Å². The molecule has 0 fully saturated rings. The number of rotatable bonds is 4. The molecular weight excluding hydrogens is 321 g/mol. The predicted octanol–water partition coefficient (Wildman–Crippen LogP) is 3.60. The first kappa shape index (κ1) is 17.1. The molecule has 5 heteroatoms. The molecule has 1 unspecified atom stereocenters. The zero-order chi connectivity index (χ0) is 18.0. The van der Waals surface area contributed by atoms with Crippen molar-refractivity contribution >= 4 is 11.9 Å². The van der Waals surface area contributed by atoms with Crippen molar-refractivity contribution in [3.63, 3.8) is 0 Å². The molecule has 1 N–H and O–H groups in total. The van der Waals surface area contributed by atoms with Crippen molar-refractivity contribution in [3.05, 3.63) is 70.5 Å². The van der Waals surface area contributed by atoms with E-state index in [4.69, 9.17) is 5.11 Å². The van der Waals surface area contributed by atoms with Gasteiger partial charge in [-0.1, -0.05) is 31.2 Å². The van der Waals surface area contributed by atoms with Crippen LogP contribution in [-0.4, -0.2) is 28.4 Å². The van der Waals surface area contributed by atoms with Crippen LogP contribution in [0.5, 0.6) is 0 Å². The molecular formula is C20H20FNO3. The molecule has 3 rings (SSSR count). The Balaban J connectivity index is 1.71. The van der Waals surface area contributed by atoms with Gasteiger partial charge in [0.05, 0.1) is 5.56 Å². The second-order valence-electron chi connectivity index (χ2n) is 6.48. The average Bonchev–Trinajstić information content (AvgIpc) is 2.60. The van der Waals surface area contributed by atoms with Gasteiger partial charge >= 0.3 is 5.97 Å². The summed E-state index contributed by atoms with van der Waals surface area (Å²) < 4.78 is 13.9. The number of halogens is 1. The highest BCUT2D eigenvalue weighted by molar-refractivity contribution is 5.88. The number of carboxylic acids is 1. The molecule has 2 aromatic rings. The van der Waals surface area contributed by atoms with Gasteiger partial charge in [0.2, 0.25) is 5.91 Å². The summed E-state index contributed by atoms with van der Waals surface area (Å²) in [6.45, 7) is 2.85. The minimum Gasteiger partial charge on any atom is -0.478 e. The summed E-state index contributed by atoms with van der Waals surface area (Å²) in [6.07, 6.45) is 0.934. The molecule has 0 aromatic heterocycles. The molecule has 25 heavy (non-hydrogen) atoms. The standard InChI is InChI=1S/C20H20FNO3/c1-13(17-4-2-3-5-18(17)21)10-19(23)22-9-8-14-6-7-15(20(24)25)11-16(14)12-22/h2-7,11,13H,8-10,12H2,1H3,(H,24,25). The van der Waals surface area contributed by atoms with Crippen molar-refractivity contribution in [2.45, 2.75) is 32.2 Å². The maximum atomic E-state index is 13.9. The molecule has 2 aromatic carbocycles. The molecule has 1 amide bonds. The number of amides is 1. The number of hydrogen-bond donors (Lipinski definition) is 1. The Morgan fingerprint density at radius 3 is 2.68 bits per heavy atom. The smallest absolute Gasteiger partial charge is 0.335 e. The van der Waals surface area contributed by atoms with Crippen molar-refractivity contribution in [3.8, 4) is 0 Å². The third-order valence-electron chi connectivity index (χ3n) is 4.74. The van der Waals surface area contributed by atoms with Crippen molar-refractivity contribution in [2.75, 3.05) is 6.54 Å². The fourth-order valence-corrected chi connectivity index (χ4v) is 3.28. The van der Waals surface area contributed by atoms with Crippen LogP contribution in [0.15, 0.2) is 42.5 Å². The van der Waals surface area contributed by atoms with Gasteiger partial charge in [0.15, 0.2) is 0 Å². The van der Waals surface area contributed by atoms with Gasteiger partial charge in [-0.25, -0.2) is 9.18 Å². The van der Waals surface area contributed by atoms with Crippen LogP contribution < -0.4 is 0 Å². The van der Waals surface area contributed by atoms with Gasteiger partial charge in [0.1, 0.15) is 5.82 Å². The Morgan fingerprint density at radius 1 is 1.20 bits per heavy atom. The van der Waals surface area contributed by atoms with Crippen LogP contribution >= 0.6 is 0 Å². The minimum absolute atomic E-state index is 0.0397. The SMILES string of the molecule is CC(CC(=O)N1CCc2ccc(C(=O)O)cc2C1)c1ccccc1F. The van der Waals surface area contributed by atoms with Gasteiger partial charge in [-0.05, 0) is 47.2 Å². The summed E-state index contributed by atoms with van der Waals surface area (Å²) in [5.74, 6) is -1.51. The number of carbonyl (C=O) groups is 2. The summed E-state index contributed by atoms with van der Waals surface area (Å²) in [6, 6.07) is 11.6. The van der Waals surface area contributed by atoms with E-state index < -0.39 is 5.97 Å². The molecule has 1 aliphatic heterocycles. The predicted molar refractivity (Wildman–Crippen MR) is 92.0 cm³/mol. The quantitative estimate of drug-likeness (QED) is 0.924. The summed E-state index contributed by atoms with van der Waals surface area (Å²) in [4.78, 5) is 25.5. The average molecular weight is 341 g/mol. The highest BCUT2D eigenvalue weighted by Crippen LogP contribution is 2.25. The van der Waals surface area contributed by atoms with Crippen LogP contribution in [0.25, 0.3) is 0 Å². The normalized spacial score (nSPS) is 14.7. The molecule has 1 aliphatic rings. The van der Waals surface area contributed by atoms with Crippen LogP contribution in [0.1, 0.15) is 46.3 Å². The first-order valence-corrected chi connectivity index (χ1v) is 8.33. The van der Waals surface area contributed by atoms with E-state index in [2.05, 4.69) is 0 Å². The topological polar surface area (TPSA) is 57.6 Å². The fourth-order valence-electron chi connectivity index (χ4n) is 3.28. The number of carbonyl (C=O) groups excluding carboxylic acids is 1. The molecule has 4 nitrogen and oxygen atoms in total. The highest BCUT2D eigenvalue weighted by Gasteiger charge is 2.24. The van der Waals surface area contributed by atoms with Crippen molar-refractivity contribution in [1.82, 2.24) is 4.90 Å². The van der Waals surface area contributed by atoms with E-state index in [1.807, 2.05) is 13.0 Å². The Morgan fingerprint density at radius 2 is 1.96 bits per heavy atom. The largest absolute Gasteiger partial charge is 0.478 e. The van der Waals surface area contributed by atoms with Crippen LogP contribution in [0.3, 0.4) is 0 Å². The molecule has 0 saturated carbocycles. The van der Waals surface area contributed by atoms with Crippen molar-refractivity contribution < 1.29 is 19.1 Å². The van der Waals surface area contributed by atoms with Crippen LogP contribution in [-0.2, 0) is 17.8 Å². The van der Waals surface area contributed by atoms with Crippen molar-refractivity contribution in [1.29, 1.82) is 0 Å².